The van der Waals surface area contributed by atoms with Crippen LogP contribution in [0.25, 0.3) is 6.08 Å². The highest BCUT2D eigenvalue weighted by molar-refractivity contribution is 6.34. The van der Waals surface area contributed by atoms with Crippen LogP contribution in [0.15, 0.2) is 30.3 Å². The second-order valence-electron chi connectivity index (χ2n) is 6.71. The molecule has 0 saturated carbocycles. The third kappa shape index (κ3) is 4.65. The van der Waals surface area contributed by atoms with E-state index in [1.165, 1.54) is 11.6 Å². The summed E-state index contributed by atoms with van der Waals surface area (Å²) >= 11 is 6.12. The number of benzene rings is 1. The van der Waals surface area contributed by atoms with E-state index in [0.29, 0.717) is 22.4 Å². The van der Waals surface area contributed by atoms with Gasteiger partial charge in [0.1, 0.15) is 10.8 Å². The maximum absolute atomic E-state index is 12.1. The first-order valence-corrected chi connectivity index (χ1v) is 8.15. The highest BCUT2D eigenvalue weighted by atomic mass is 35.5. The van der Waals surface area contributed by atoms with E-state index in [-0.39, 0.29) is 11.3 Å². The van der Waals surface area contributed by atoms with Crippen LogP contribution in [0.4, 0.5) is 5.82 Å². The molecular weight excluding hydrogens is 322 g/mol. The van der Waals surface area contributed by atoms with Crippen LogP contribution in [0.1, 0.15) is 43.4 Å². The first-order chi connectivity index (χ1) is 11.2. The third-order valence-corrected chi connectivity index (χ3v) is 4.03. The predicted octanol–water partition coefficient (Wildman–Crippen LogP) is 4.70. The number of carbonyl (C=O) groups excluding carboxylic acids is 1. The fourth-order valence-electron chi connectivity index (χ4n) is 2.21. The number of nitrogens with zero attached hydrogens (tertiary/aromatic N) is 2. The Morgan fingerprint density at radius 1 is 1.12 bits per heavy atom. The number of halogens is 1. The predicted molar refractivity (Wildman–Crippen MR) is 99.3 cm³/mol. The maximum Gasteiger partial charge on any atom is 0.249 e. The van der Waals surface area contributed by atoms with Gasteiger partial charge in [-0.15, -0.1) is 0 Å². The molecule has 1 N–H and O–H groups in total. The number of carbonyl (C=O) groups is 1. The molecule has 0 atom stereocenters. The minimum Gasteiger partial charge on any atom is -0.306 e. The SMILES string of the molecule is Cc1nc(C)c(Cl)c(NC(=O)/C=C/c2ccc(C(C)(C)C)cc2)n1. The summed E-state index contributed by atoms with van der Waals surface area (Å²) in [5.41, 5.74) is 2.96. The lowest BCUT2D eigenvalue weighted by Crippen LogP contribution is -2.11. The number of amides is 1. The van der Waals surface area contributed by atoms with Crippen molar-refractivity contribution in [1.29, 1.82) is 0 Å². The van der Waals surface area contributed by atoms with E-state index in [4.69, 9.17) is 11.6 Å². The van der Waals surface area contributed by atoms with Crippen LogP contribution in [0.5, 0.6) is 0 Å². The summed E-state index contributed by atoms with van der Waals surface area (Å²) in [7, 11) is 0. The van der Waals surface area contributed by atoms with Gasteiger partial charge in [-0.1, -0.05) is 56.6 Å². The number of rotatable bonds is 3. The number of aryl methyl sites for hydroxylation is 2. The average Bonchev–Trinajstić information content (AvgIpc) is 2.49. The van der Waals surface area contributed by atoms with Gasteiger partial charge in [-0.3, -0.25) is 4.79 Å². The second-order valence-corrected chi connectivity index (χ2v) is 7.09. The zero-order valence-electron chi connectivity index (χ0n) is 14.6. The molecule has 1 aromatic heterocycles. The van der Waals surface area contributed by atoms with E-state index >= 15 is 0 Å². The number of hydrogen-bond acceptors (Lipinski definition) is 3. The van der Waals surface area contributed by atoms with Gasteiger partial charge in [0.15, 0.2) is 5.82 Å². The Morgan fingerprint density at radius 2 is 1.75 bits per heavy atom. The van der Waals surface area contributed by atoms with Crippen LogP contribution in [-0.4, -0.2) is 15.9 Å². The molecule has 0 unspecified atom stereocenters. The molecule has 0 radical (unpaired) electrons. The summed E-state index contributed by atoms with van der Waals surface area (Å²) in [5, 5.41) is 3.05. The van der Waals surface area contributed by atoms with Crippen molar-refractivity contribution in [3.8, 4) is 0 Å². The zero-order chi connectivity index (χ0) is 17.9. The van der Waals surface area contributed by atoms with Crippen molar-refractivity contribution in [3.63, 3.8) is 0 Å². The van der Waals surface area contributed by atoms with E-state index in [2.05, 4.69) is 48.2 Å². The van der Waals surface area contributed by atoms with Gasteiger partial charge in [0.25, 0.3) is 0 Å². The van der Waals surface area contributed by atoms with Crippen molar-refractivity contribution in [1.82, 2.24) is 9.97 Å². The minimum atomic E-state index is -0.283. The Labute approximate surface area is 148 Å². The molecule has 0 saturated heterocycles. The molecule has 0 aliphatic rings. The molecule has 24 heavy (non-hydrogen) atoms. The van der Waals surface area contributed by atoms with Crippen molar-refractivity contribution >= 4 is 29.4 Å². The molecule has 1 heterocycles. The van der Waals surface area contributed by atoms with E-state index in [1.807, 2.05) is 12.1 Å². The number of nitrogens with one attached hydrogen (secondary N) is 1. The van der Waals surface area contributed by atoms with Crippen molar-refractivity contribution in [2.24, 2.45) is 0 Å². The van der Waals surface area contributed by atoms with Crippen LogP contribution < -0.4 is 5.32 Å². The van der Waals surface area contributed by atoms with E-state index in [1.54, 1.807) is 19.9 Å². The summed E-state index contributed by atoms with van der Waals surface area (Å²) in [6.45, 7) is 10.0. The van der Waals surface area contributed by atoms with Gasteiger partial charge in [-0.2, -0.15) is 0 Å². The fourth-order valence-corrected chi connectivity index (χ4v) is 2.34. The molecule has 126 valence electrons. The Bertz CT molecular complexity index is 774. The van der Waals surface area contributed by atoms with Crippen molar-refractivity contribution in [3.05, 3.63) is 58.0 Å². The van der Waals surface area contributed by atoms with E-state index < -0.39 is 0 Å². The van der Waals surface area contributed by atoms with Crippen molar-refractivity contribution < 1.29 is 4.79 Å². The molecule has 4 nitrogen and oxygen atoms in total. The molecule has 0 bridgehead atoms. The Kier molecular flexibility index (Phi) is 5.40. The molecule has 2 rings (SSSR count). The third-order valence-electron chi connectivity index (χ3n) is 3.57. The Balaban J connectivity index is 2.08. The lowest BCUT2D eigenvalue weighted by atomic mass is 9.87. The van der Waals surface area contributed by atoms with Gasteiger partial charge in [0.05, 0.1) is 5.69 Å². The van der Waals surface area contributed by atoms with Gasteiger partial charge in [0, 0.05) is 6.08 Å². The van der Waals surface area contributed by atoms with Gasteiger partial charge >= 0.3 is 0 Å². The summed E-state index contributed by atoms with van der Waals surface area (Å²) in [5.74, 6) is 0.614. The smallest absolute Gasteiger partial charge is 0.249 e. The van der Waals surface area contributed by atoms with Gasteiger partial charge in [-0.25, -0.2) is 9.97 Å². The molecule has 2 aromatic rings. The van der Waals surface area contributed by atoms with Crippen LogP contribution in [0.2, 0.25) is 5.02 Å². The molecular formula is C19H22ClN3O. The summed E-state index contributed by atoms with van der Waals surface area (Å²) in [6, 6.07) is 8.14. The average molecular weight is 344 g/mol. The van der Waals surface area contributed by atoms with Crippen LogP contribution in [0, 0.1) is 13.8 Å². The van der Waals surface area contributed by atoms with Crippen LogP contribution >= 0.6 is 11.6 Å². The highest BCUT2D eigenvalue weighted by Crippen LogP contribution is 2.23. The van der Waals surface area contributed by atoms with Crippen LogP contribution in [-0.2, 0) is 10.2 Å². The first-order valence-electron chi connectivity index (χ1n) is 7.77. The molecule has 0 aliphatic carbocycles. The number of hydrogen-bond donors (Lipinski definition) is 1. The summed E-state index contributed by atoms with van der Waals surface area (Å²) in [4.78, 5) is 20.4. The lowest BCUT2D eigenvalue weighted by Gasteiger charge is -2.18. The molecule has 1 amide bonds. The quantitative estimate of drug-likeness (QED) is 0.822. The Hall–Kier alpha value is -2.20. The van der Waals surface area contributed by atoms with Crippen LogP contribution in [0.3, 0.4) is 0 Å². The summed E-state index contributed by atoms with van der Waals surface area (Å²) < 4.78 is 0. The Morgan fingerprint density at radius 3 is 2.33 bits per heavy atom. The largest absolute Gasteiger partial charge is 0.306 e. The molecule has 0 spiro atoms. The second kappa shape index (κ2) is 7.14. The van der Waals surface area contributed by atoms with Gasteiger partial charge in [-0.05, 0) is 36.5 Å². The standard InChI is InChI=1S/C19H22ClN3O/c1-12-17(20)18(22-13(2)21-12)23-16(24)11-8-14-6-9-15(10-7-14)19(3,4)5/h6-11H,1-5H3,(H,21,22,23,24)/b11-8+. The van der Waals surface area contributed by atoms with Gasteiger partial charge < -0.3 is 5.32 Å². The monoisotopic (exact) mass is 343 g/mol. The molecule has 1 aromatic carbocycles. The lowest BCUT2D eigenvalue weighted by molar-refractivity contribution is -0.111. The zero-order valence-corrected chi connectivity index (χ0v) is 15.4. The first kappa shape index (κ1) is 18.1. The van der Waals surface area contributed by atoms with E-state index in [0.717, 1.165) is 5.56 Å². The minimum absolute atomic E-state index is 0.110. The molecule has 5 heteroatoms. The number of aromatic nitrogens is 2. The maximum atomic E-state index is 12.1. The number of anilines is 1. The molecule has 0 fully saturated rings. The van der Waals surface area contributed by atoms with E-state index in [9.17, 15) is 4.79 Å². The van der Waals surface area contributed by atoms with Crippen molar-refractivity contribution in [2.75, 3.05) is 5.32 Å². The summed E-state index contributed by atoms with van der Waals surface area (Å²) in [6.07, 6.45) is 3.23. The highest BCUT2D eigenvalue weighted by Gasteiger charge is 2.12. The fraction of sp³-hybridized carbons (Fsp3) is 0.316. The molecule has 0 aliphatic heterocycles. The van der Waals surface area contributed by atoms with Crippen molar-refractivity contribution in [2.45, 2.75) is 40.0 Å². The topological polar surface area (TPSA) is 54.9 Å². The van der Waals surface area contributed by atoms with Gasteiger partial charge in [0.2, 0.25) is 5.91 Å². The normalized spacial score (nSPS) is 11.8.